The molecule has 0 spiro atoms. The van der Waals surface area contributed by atoms with Crippen LogP contribution in [0.3, 0.4) is 0 Å². The van der Waals surface area contributed by atoms with Gasteiger partial charge in [0.05, 0.1) is 0 Å². The Morgan fingerprint density at radius 3 is 2.24 bits per heavy atom. The average Bonchev–Trinajstić information content (AvgIpc) is 2.16. The molecule has 0 aromatic rings. The summed E-state index contributed by atoms with van der Waals surface area (Å²) in [5, 5.41) is 0. The number of rotatable bonds is 2. The second-order valence-corrected chi connectivity index (χ2v) is 8.38. The maximum atomic E-state index is 2.55. The molecule has 0 aromatic heterocycles. The minimum Gasteiger partial charge on any atom is -0.0622 e. The molecule has 2 saturated carbocycles. The predicted octanol–water partition coefficient (Wildman–Crippen LogP) is 5.38. The molecule has 100 valence electrons. The first kappa shape index (κ1) is 13.4. The summed E-state index contributed by atoms with van der Waals surface area (Å²) in [5.74, 6) is 6.10. The van der Waals surface area contributed by atoms with E-state index in [1.54, 1.807) is 0 Å². The molecular formula is C17H32. The molecular weight excluding hydrogens is 204 g/mol. The van der Waals surface area contributed by atoms with E-state index in [4.69, 9.17) is 0 Å². The molecule has 2 rings (SSSR count). The monoisotopic (exact) mass is 236 g/mol. The Morgan fingerprint density at radius 2 is 1.71 bits per heavy atom. The predicted molar refractivity (Wildman–Crippen MR) is 75.9 cm³/mol. The van der Waals surface area contributed by atoms with Gasteiger partial charge in [0.25, 0.3) is 0 Å². The van der Waals surface area contributed by atoms with Crippen LogP contribution in [0.5, 0.6) is 0 Å². The van der Waals surface area contributed by atoms with E-state index in [0.717, 1.165) is 35.5 Å². The molecule has 0 heteroatoms. The smallest absolute Gasteiger partial charge is 0.0352 e. The Bertz CT molecular complexity index is 260. The molecule has 2 fully saturated rings. The van der Waals surface area contributed by atoms with Crippen molar-refractivity contribution in [1.29, 1.82) is 0 Å². The highest BCUT2D eigenvalue weighted by atomic mass is 14.5. The van der Waals surface area contributed by atoms with Gasteiger partial charge in [0.2, 0.25) is 0 Å². The van der Waals surface area contributed by atoms with Crippen LogP contribution in [0, 0.1) is 40.9 Å². The van der Waals surface area contributed by atoms with Crippen LogP contribution in [-0.2, 0) is 0 Å². The zero-order valence-corrected chi connectivity index (χ0v) is 12.8. The maximum Gasteiger partial charge on any atom is -0.0352 e. The second kappa shape index (κ2) is 4.59. The Kier molecular flexibility index (Phi) is 3.63. The number of hydrogen-bond donors (Lipinski definition) is 0. The summed E-state index contributed by atoms with van der Waals surface area (Å²) in [6.45, 7) is 14.7. The van der Waals surface area contributed by atoms with Crippen LogP contribution in [0.25, 0.3) is 0 Å². The van der Waals surface area contributed by atoms with Crippen LogP contribution in [-0.4, -0.2) is 0 Å². The zero-order chi connectivity index (χ0) is 12.8. The average molecular weight is 236 g/mol. The van der Waals surface area contributed by atoms with E-state index in [0.29, 0.717) is 5.41 Å². The van der Waals surface area contributed by atoms with Gasteiger partial charge < -0.3 is 0 Å². The molecule has 0 nitrogen and oxygen atoms in total. The lowest BCUT2D eigenvalue weighted by molar-refractivity contribution is -0.0482. The van der Waals surface area contributed by atoms with Crippen LogP contribution in [0.2, 0.25) is 0 Å². The van der Waals surface area contributed by atoms with Crippen LogP contribution >= 0.6 is 0 Å². The van der Waals surface area contributed by atoms with Crippen molar-refractivity contribution in [3.63, 3.8) is 0 Å². The molecule has 0 N–H and O–H groups in total. The van der Waals surface area contributed by atoms with Crippen LogP contribution in [0.15, 0.2) is 0 Å². The molecule has 2 aliphatic rings. The Hall–Kier alpha value is 0. The van der Waals surface area contributed by atoms with Crippen molar-refractivity contribution in [3.8, 4) is 0 Å². The third kappa shape index (κ3) is 2.71. The van der Waals surface area contributed by atoms with Gasteiger partial charge in [-0.2, -0.15) is 0 Å². The first-order valence-electron chi connectivity index (χ1n) is 7.79. The van der Waals surface area contributed by atoms with E-state index >= 15 is 0 Å². The lowest BCUT2D eigenvalue weighted by atomic mass is 9.51. The van der Waals surface area contributed by atoms with Crippen molar-refractivity contribution in [2.24, 2.45) is 40.9 Å². The normalized spacial score (nSPS) is 43.8. The fraction of sp³-hybridized carbons (Fsp3) is 1.00. The Labute approximate surface area is 109 Å². The highest BCUT2D eigenvalue weighted by molar-refractivity contribution is 4.96. The molecule has 6 atom stereocenters. The van der Waals surface area contributed by atoms with E-state index in [9.17, 15) is 0 Å². The van der Waals surface area contributed by atoms with Crippen molar-refractivity contribution in [1.82, 2.24) is 0 Å². The summed E-state index contributed by atoms with van der Waals surface area (Å²) in [4.78, 5) is 0. The molecule has 2 aliphatic carbocycles. The van der Waals surface area contributed by atoms with E-state index in [-0.39, 0.29) is 0 Å². The van der Waals surface area contributed by atoms with Gasteiger partial charge in [0.15, 0.2) is 0 Å². The van der Waals surface area contributed by atoms with Crippen molar-refractivity contribution < 1.29 is 0 Å². The molecule has 0 aliphatic heterocycles. The summed E-state index contributed by atoms with van der Waals surface area (Å²) in [5.41, 5.74) is 0.503. The third-order valence-corrected chi connectivity index (χ3v) is 5.77. The van der Waals surface area contributed by atoms with Gasteiger partial charge in [0.1, 0.15) is 0 Å². The minimum absolute atomic E-state index is 0.503. The van der Waals surface area contributed by atoms with Gasteiger partial charge in [-0.15, -0.1) is 0 Å². The fourth-order valence-electron chi connectivity index (χ4n) is 4.99. The first-order chi connectivity index (χ1) is 7.79. The van der Waals surface area contributed by atoms with Crippen molar-refractivity contribution in [2.75, 3.05) is 0 Å². The number of hydrogen-bond acceptors (Lipinski definition) is 0. The maximum absolute atomic E-state index is 2.55. The van der Waals surface area contributed by atoms with E-state index in [1.165, 1.54) is 25.7 Å². The van der Waals surface area contributed by atoms with E-state index in [1.807, 2.05) is 0 Å². The van der Waals surface area contributed by atoms with Crippen LogP contribution < -0.4 is 0 Å². The fourth-order valence-corrected chi connectivity index (χ4v) is 4.99. The van der Waals surface area contributed by atoms with Crippen molar-refractivity contribution in [3.05, 3.63) is 0 Å². The molecule has 0 heterocycles. The minimum atomic E-state index is 0.503. The second-order valence-electron chi connectivity index (χ2n) is 8.38. The highest BCUT2D eigenvalue weighted by Crippen LogP contribution is 2.55. The lowest BCUT2D eigenvalue weighted by Gasteiger charge is -2.54. The molecule has 0 bridgehead atoms. The summed E-state index contributed by atoms with van der Waals surface area (Å²) in [6.07, 6.45) is 5.94. The summed E-state index contributed by atoms with van der Waals surface area (Å²) >= 11 is 0. The van der Waals surface area contributed by atoms with Crippen LogP contribution in [0.4, 0.5) is 0 Å². The molecule has 0 radical (unpaired) electrons. The van der Waals surface area contributed by atoms with Gasteiger partial charge in [-0.05, 0) is 66.6 Å². The molecule has 0 aromatic carbocycles. The summed E-state index contributed by atoms with van der Waals surface area (Å²) < 4.78 is 0. The van der Waals surface area contributed by atoms with Crippen LogP contribution in [0.1, 0.15) is 67.2 Å². The highest BCUT2D eigenvalue weighted by Gasteiger charge is 2.47. The summed E-state index contributed by atoms with van der Waals surface area (Å²) in [7, 11) is 0. The molecule has 0 amide bonds. The SMILES string of the molecule is CC(CC(C)(C)C)C1CCC2C(C)CC2C1C. The topological polar surface area (TPSA) is 0 Å². The quantitative estimate of drug-likeness (QED) is 0.604. The first-order valence-corrected chi connectivity index (χ1v) is 7.79. The third-order valence-electron chi connectivity index (χ3n) is 5.77. The van der Waals surface area contributed by atoms with Gasteiger partial charge in [-0.1, -0.05) is 41.5 Å². The molecule has 0 saturated heterocycles. The molecule has 6 unspecified atom stereocenters. The van der Waals surface area contributed by atoms with Gasteiger partial charge in [-0.3, -0.25) is 0 Å². The van der Waals surface area contributed by atoms with E-state index < -0.39 is 0 Å². The van der Waals surface area contributed by atoms with Crippen molar-refractivity contribution in [2.45, 2.75) is 67.2 Å². The zero-order valence-electron chi connectivity index (χ0n) is 12.8. The molecule has 17 heavy (non-hydrogen) atoms. The van der Waals surface area contributed by atoms with Gasteiger partial charge in [-0.25, -0.2) is 0 Å². The number of fused-ring (bicyclic) bond motifs is 1. The Morgan fingerprint density at radius 1 is 1.06 bits per heavy atom. The van der Waals surface area contributed by atoms with E-state index in [2.05, 4.69) is 41.5 Å². The Balaban J connectivity index is 1.94. The van der Waals surface area contributed by atoms with Gasteiger partial charge >= 0.3 is 0 Å². The summed E-state index contributed by atoms with van der Waals surface area (Å²) in [6, 6.07) is 0. The van der Waals surface area contributed by atoms with Crippen molar-refractivity contribution >= 4 is 0 Å². The van der Waals surface area contributed by atoms with Gasteiger partial charge in [0, 0.05) is 0 Å². The lowest BCUT2D eigenvalue weighted by Crippen LogP contribution is -2.46. The standard InChI is InChI=1S/C17H32/c1-11-9-16-13(3)14(7-8-15(11)16)12(2)10-17(4,5)6/h11-16H,7-10H2,1-6H3. The largest absolute Gasteiger partial charge is 0.0622 e.